The van der Waals surface area contributed by atoms with Crippen molar-refractivity contribution in [2.75, 3.05) is 0 Å². The molecule has 0 heterocycles. The zero-order valence-corrected chi connectivity index (χ0v) is 18.9. The van der Waals surface area contributed by atoms with Crippen LogP contribution in [0.5, 0.6) is 0 Å². The van der Waals surface area contributed by atoms with Crippen molar-refractivity contribution in [3.05, 3.63) is 90.2 Å². The number of amides is 1. The third-order valence-corrected chi connectivity index (χ3v) is 6.07. The first kappa shape index (κ1) is 25.7. The van der Waals surface area contributed by atoms with Gasteiger partial charge in [0.15, 0.2) is 0 Å². The molecule has 0 radical (unpaired) electrons. The molecule has 0 aliphatic rings. The fourth-order valence-corrected chi connectivity index (χ4v) is 4.23. The summed E-state index contributed by atoms with van der Waals surface area (Å²) < 4.78 is 38.5. The highest BCUT2D eigenvalue weighted by atomic mass is 32.2. The van der Waals surface area contributed by atoms with Gasteiger partial charge in [-0.2, -0.15) is 4.72 Å². The smallest absolute Gasteiger partial charge is 0.322 e. The van der Waals surface area contributed by atoms with Crippen LogP contribution in [0, 0.1) is 11.7 Å². The van der Waals surface area contributed by atoms with Crippen LogP contribution in [0.25, 0.3) is 11.1 Å². The fourth-order valence-electron chi connectivity index (χ4n) is 2.89. The summed E-state index contributed by atoms with van der Waals surface area (Å²) in [6.45, 7) is 3.18. The van der Waals surface area contributed by atoms with E-state index in [0.717, 1.165) is 35.4 Å². The van der Waals surface area contributed by atoms with E-state index in [1.54, 1.807) is 19.9 Å². The van der Waals surface area contributed by atoms with Crippen molar-refractivity contribution in [3.63, 3.8) is 0 Å². The summed E-state index contributed by atoms with van der Waals surface area (Å²) in [6, 6.07) is 20.0. The maximum absolute atomic E-state index is 12.7. The van der Waals surface area contributed by atoms with Crippen LogP contribution in [-0.2, 0) is 14.8 Å². The Bertz CT molecular complexity index is 1200. The molecule has 0 unspecified atom stereocenters. The van der Waals surface area contributed by atoms with Gasteiger partial charge >= 0.3 is 5.97 Å². The third kappa shape index (κ3) is 7.23. The Hall–Kier alpha value is -3.56. The second-order valence-electron chi connectivity index (χ2n) is 7.41. The molecule has 3 aromatic carbocycles. The third-order valence-electron chi connectivity index (χ3n) is 4.62. The number of carboxylic acid groups (broad SMARTS) is 1. The number of nitrogens with one attached hydrogen (secondary N) is 1. The Kier molecular flexibility index (Phi) is 8.84. The van der Waals surface area contributed by atoms with Crippen LogP contribution >= 0.6 is 0 Å². The van der Waals surface area contributed by atoms with Crippen LogP contribution < -0.4 is 10.5 Å². The molecule has 0 aliphatic heterocycles. The highest BCUT2D eigenvalue weighted by Crippen LogP contribution is 2.22. The number of nitrogens with two attached hydrogens (primary N) is 1. The lowest BCUT2D eigenvalue weighted by Crippen LogP contribution is -2.44. The highest BCUT2D eigenvalue weighted by Gasteiger charge is 2.27. The van der Waals surface area contributed by atoms with Crippen molar-refractivity contribution >= 4 is 21.9 Å². The van der Waals surface area contributed by atoms with E-state index in [1.165, 1.54) is 0 Å². The van der Waals surface area contributed by atoms with Gasteiger partial charge in [0.1, 0.15) is 11.9 Å². The van der Waals surface area contributed by atoms with Crippen LogP contribution in [0.4, 0.5) is 4.39 Å². The van der Waals surface area contributed by atoms with E-state index in [2.05, 4.69) is 4.72 Å². The first-order chi connectivity index (χ1) is 15.5. The van der Waals surface area contributed by atoms with Crippen LogP contribution in [0.3, 0.4) is 0 Å². The molecule has 3 aromatic rings. The van der Waals surface area contributed by atoms with Gasteiger partial charge in [0, 0.05) is 5.56 Å². The number of hydrogen-bond donors (Lipinski definition) is 3. The van der Waals surface area contributed by atoms with Crippen LogP contribution in [-0.4, -0.2) is 31.4 Å². The normalized spacial score (nSPS) is 11.9. The number of halogens is 1. The molecule has 1 atom stereocenters. The van der Waals surface area contributed by atoms with E-state index in [1.807, 2.05) is 48.5 Å². The summed E-state index contributed by atoms with van der Waals surface area (Å²) in [5, 5.41) is 8.91. The molecular formula is C24H25FN2O5S. The maximum Gasteiger partial charge on any atom is 0.322 e. The SMILES string of the molecule is CC(C)[C@H](NS(=O)(=O)c1ccc(F)cc1)C(=O)O.NC(=O)c1ccccc1-c1ccccc1. The zero-order chi connectivity index (χ0) is 24.6. The Labute approximate surface area is 192 Å². The number of carboxylic acids is 1. The molecule has 0 fully saturated rings. The van der Waals surface area contributed by atoms with Gasteiger partial charge in [-0.3, -0.25) is 9.59 Å². The topological polar surface area (TPSA) is 127 Å². The second kappa shape index (κ2) is 11.3. The van der Waals surface area contributed by atoms with Gasteiger partial charge in [0.05, 0.1) is 4.90 Å². The lowest BCUT2D eigenvalue weighted by molar-refractivity contribution is -0.140. The van der Waals surface area contributed by atoms with E-state index in [4.69, 9.17) is 10.8 Å². The molecule has 3 rings (SSSR count). The van der Waals surface area contributed by atoms with E-state index >= 15 is 0 Å². The average molecular weight is 473 g/mol. The Morgan fingerprint density at radius 2 is 1.45 bits per heavy atom. The minimum absolute atomic E-state index is 0.171. The second-order valence-corrected chi connectivity index (χ2v) is 9.12. The Morgan fingerprint density at radius 3 is 1.97 bits per heavy atom. The quantitative estimate of drug-likeness (QED) is 0.484. The van der Waals surface area contributed by atoms with E-state index in [9.17, 15) is 22.4 Å². The standard InChI is InChI=1S/C13H11NO.C11H14FNO4S/c14-13(15)12-9-5-4-8-11(12)10-6-2-1-3-7-10;1-7(2)10(11(14)15)13-18(16,17)9-5-3-8(12)4-6-9/h1-9H,(H2,14,15);3-7,10,13H,1-2H3,(H,14,15)/t;10-/m.0/s1. The molecule has 0 spiro atoms. The number of aliphatic carboxylic acids is 1. The molecule has 1 amide bonds. The highest BCUT2D eigenvalue weighted by molar-refractivity contribution is 7.89. The predicted molar refractivity (Wildman–Crippen MR) is 123 cm³/mol. The number of carbonyl (C=O) groups is 2. The number of hydrogen-bond acceptors (Lipinski definition) is 4. The van der Waals surface area contributed by atoms with Crippen LogP contribution in [0.2, 0.25) is 0 Å². The number of sulfonamides is 1. The molecular weight excluding hydrogens is 447 g/mol. The van der Waals surface area contributed by atoms with E-state index in [0.29, 0.717) is 5.56 Å². The van der Waals surface area contributed by atoms with Gasteiger partial charge in [-0.15, -0.1) is 0 Å². The van der Waals surface area contributed by atoms with Crippen molar-refractivity contribution in [1.82, 2.24) is 4.72 Å². The molecule has 174 valence electrons. The summed E-state index contributed by atoms with van der Waals surface area (Å²) in [7, 11) is -3.96. The van der Waals surface area contributed by atoms with Crippen molar-refractivity contribution < 1.29 is 27.5 Å². The van der Waals surface area contributed by atoms with E-state index < -0.39 is 39.7 Å². The van der Waals surface area contributed by atoms with Crippen molar-refractivity contribution in [2.45, 2.75) is 24.8 Å². The molecule has 33 heavy (non-hydrogen) atoms. The molecule has 0 saturated carbocycles. The first-order valence-corrected chi connectivity index (χ1v) is 11.5. The lowest BCUT2D eigenvalue weighted by Gasteiger charge is -2.17. The van der Waals surface area contributed by atoms with Gasteiger partial charge in [0.25, 0.3) is 0 Å². The number of rotatable bonds is 7. The number of benzene rings is 3. The average Bonchev–Trinajstić information content (AvgIpc) is 2.78. The molecule has 9 heteroatoms. The Morgan fingerprint density at radius 1 is 0.909 bits per heavy atom. The van der Waals surface area contributed by atoms with Gasteiger partial charge in [0.2, 0.25) is 15.9 Å². The van der Waals surface area contributed by atoms with Crippen molar-refractivity contribution in [2.24, 2.45) is 11.7 Å². The summed E-state index contributed by atoms with van der Waals surface area (Å²) in [6.07, 6.45) is 0. The molecule has 0 aromatic heterocycles. The lowest BCUT2D eigenvalue weighted by atomic mass is 9.99. The Balaban J connectivity index is 0.000000237. The maximum atomic E-state index is 12.7. The minimum atomic E-state index is -3.96. The van der Waals surface area contributed by atoms with Crippen molar-refractivity contribution in [3.8, 4) is 11.1 Å². The molecule has 4 N–H and O–H groups in total. The van der Waals surface area contributed by atoms with Crippen molar-refractivity contribution in [1.29, 1.82) is 0 Å². The summed E-state index contributed by atoms with van der Waals surface area (Å²) >= 11 is 0. The monoisotopic (exact) mass is 472 g/mol. The molecule has 0 bridgehead atoms. The first-order valence-electron chi connectivity index (χ1n) is 9.98. The van der Waals surface area contributed by atoms with Crippen LogP contribution in [0.1, 0.15) is 24.2 Å². The minimum Gasteiger partial charge on any atom is -0.480 e. The zero-order valence-electron chi connectivity index (χ0n) is 18.1. The van der Waals surface area contributed by atoms with Gasteiger partial charge in [-0.25, -0.2) is 12.8 Å². The summed E-state index contributed by atoms with van der Waals surface area (Å²) in [5.41, 5.74) is 7.76. The number of primary amides is 1. The van der Waals surface area contributed by atoms with Gasteiger partial charge in [-0.1, -0.05) is 62.4 Å². The largest absolute Gasteiger partial charge is 0.480 e. The molecule has 0 saturated heterocycles. The van der Waals surface area contributed by atoms with E-state index in [-0.39, 0.29) is 4.90 Å². The number of carbonyl (C=O) groups excluding carboxylic acids is 1. The van der Waals surface area contributed by atoms with Crippen LogP contribution in [0.15, 0.2) is 83.8 Å². The predicted octanol–water partition coefficient (Wildman–Crippen LogP) is 3.67. The molecule has 7 nitrogen and oxygen atoms in total. The summed E-state index contributed by atoms with van der Waals surface area (Å²) in [4.78, 5) is 22.0. The summed E-state index contributed by atoms with van der Waals surface area (Å²) in [5.74, 6) is -2.62. The fraction of sp³-hybridized carbons (Fsp3) is 0.167. The van der Waals surface area contributed by atoms with Gasteiger partial charge in [-0.05, 0) is 47.4 Å². The molecule has 0 aliphatic carbocycles. The van der Waals surface area contributed by atoms with Gasteiger partial charge < -0.3 is 10.8 Å².